The van der Waals surface area contributed by atoms with E-state index >= 15 is 0 Å². The average molecular weight is 574 g/mol. The predicted molar refractivity (Wildman–Crippen MR) is 138 cm³/mol. The molecule has 3 N–H and O–H groups in total. The highest BCUT2D eigenvalue weighted by Crippen LogP contribution is 2.26. The number of piperidine rings is 1. The van der Waals surface area contributed by atoms with Crippen LogP contribution in [0.1, 0.15) is 30.9 Å². The highest BCUT2D eigenvalue weighted by atomic mass is 127. The molecule has 182 valence electrons. The van der Waals surface area contributed by atoms with E-state index < -0.39 is 11.6 Å². The second kappa shape index (κ2) is 13.5. The summed E-state index contributed by atoms with van der Waals surface area (Å²) in [5.74, 6) is -0.220. The Hall–Kier alpha value is -2.14. The minimum Gasteiger partial charge on any atom is -0.504 e. The van der Waals surface area contributed by atoms with E-state index in [0.717, 1.165) is 56.0 Å². The van der Waals surface area contributed by atoms with Crippen molar-refractivity contribution in [2.75, 3.05) is 33.3 Å². The average Bonchev–Trinajstić information content (AvgIpc) is 2.79. The van der Waals surface area contributed by atoms with Crippen molar-refractivity contribution in [1.29, 1.82) is 0 Å². The molecule has 1 saturated heterocycles. The molecule has 0 radical (unpaired) electrons. The number of phenols is 1. The molecule has 0 atom stereocenters. The van der Waals surface area contributed by atoms with Gasteiger partial charge in [-0.1, -0.05) is 12.1 Å². The molecule has 0 saturated carbocycles. The molecule has 3 rings (SSSR count). The molecule has 1 aliphatic rings. The van der Waals surface area contributed by atoms with Gasteiger partial charge in [-0.2, -0.15) is 0 Å². The van der Waals surface area contributed by atoms with Gasteiger partial charge in [0.05, 0.1) is 7.11 Å². The van der Waals surface area contributed by atoms with Gasteiger partial charge in [0.25, 0.3) is 0 Å². The van der Waals surface area contributed by atoms with Gasteiger partial charge in [-0.3, -0.25) is 9.89 Å². The third-order valence-corrected chi connectivity index (χ3v) is 5.58. The zero-order chi connectivity index (χ0) is 22.9. The van der Waals surface area contributed by atoms with Crippen molar-refractivity contribution in [2.24, 2.45) is 4.99 Å². The lowest BCUT2D eigenvalue weighted by atomic mass is 10.0. The molecule has 0 amide bonds. The smallest absolute Gasteiger partial charge is 0.191 e. The number of nitrogens with zero attached hydrogens (tertiary/aromatic N) is 2. The lowest BCUT2D eigenvalue weighted by Crippen LogP contribution is -2.48. The number of halogens is 3. The number of nitrogens with one attached hydrogen (secondary N) is 2. The lowest BCUT2D eigenvalue weighted by Gasteiger charge is -2.33. The fourth-order valence-electron chi connectivity index (χ4n) is 3.82. The van der Waals surface area contributed by atoms with Gasteiger partial charge in [0, 0.05) is 38.8 Å². The van der Waals surface area contributed by atoms with Gasteiger partial charge in [-0.05, 0) is 61.6 Å². The van der Waals surface area contributed by atoms with E-state index in [0.29, 0.717) is 24.9 Å². The highest BCUT2D eigenvalue weighted by Gasteiger charge is 2.20. The molecule has 2 aromatic carbocycles. The number of benzene rings is 2. The van der Waals surface area contributed by atoms with Crippen molar-refractivity contribution in [3.05, 3.63) is 59.2 Å². The number of hydrogen-bond donors (Lipinski definition) is 3. The van der Waals surface area contributed by atoms with E-state index in [1.807, 2.05) is 19.1 Å². The monoisotopic (exact) mass is 574 g/mol. The van der Waals surface area contributed by atoms with Gasteiger partial charge in [-0.15, -0.1) is 24.0 Å². The number of guanidine groups is 1. The normalized spacial score (nSPS) is 15.1. The second-order valence-electron chi connectivity index (χ2n) is 7.96. The Balaban J connectivity index is 0.00000385. The maximum Gasteiger partial charge on any atom is 0.191 e. The number of likely N-dealkylation sites (tertiary alicyclic amines) is 1. The number of rotatable bonds is 8. The summed E-state index contributed by atoms with van der Waals surface area (Å²) in [5.41, 5.74) is 1.83. The molecule has 1 heterocycles. The van der Waals surface area contributed by atoms with Crippen LogP contribution in [0.25, 0.3) is 0 Å². The number of aromatic hydroxyl groups is 1. The molecule has 0 unspecified atom stereocenters. The van der Waals surface area contributed by atoms with Crippen molar-refractivity contribution < 1.29 is 18.6 Å². The summed E-state index contributed by atoms with van der Waals surface area (Å²) in [6.07, 6.45) is 2.63. The molecule has 9 heteroatoms. The third kappa shape index (κ3) is 8.29. The Kier molecular flexibility index (Phi) is 11.1. The maximum atomic E-state index is 13.4. The van der Waals surface area contributed by atoms with E-state index in [-0.39, 0.29) is 29.7 Å². The summed E-state index contributed by atoms with van der Waals surface area (Å²) in [7, 11) is 1.54. The van der Waals surface area contributed by atoms with Crippen molar-refractivity contribution in [3.8, 4) is 11.5 Å². The first kappa shape index (κ1) is 27.1. The second-order valence-corrected chi connectivity index (χ2v) is 7.96. The molecule has 0 aliphatic carbocycles. The zero-order valence-corrected chi connectivity index (χ0v) is 21.4. The highest BCUT2D eigenvalue weighted by molar-refractivity contribution is 14.0. The molecule has 0 spiro atoms. The molecule has 1 fully saturated rings. The number of ether oxygens (including phenoxy) is 1. The van der Waals surface area contributed by atoms with Crippen LogP contribution in [0.5, 0.6) is 11.5 Å². The van der Waals surface area contributed by atoms with Gasteiger partial charge in [0.1, 0.15) is 0 Å². The van der Waals surface area contributed by atoms with E-state index in [1.165, 1.54) is 19.2 Å². The molecular formula is C24H33F2IN4O2. The van der Waals surface area contributed by atoms with Crippen LogP contribution in [0.15, 0.2) is 41.4 Å². The molecule has 0 bridgehead atoms. The van der Waals surface area contributed by atoms with E-state index in [9.17, 15) is 13.9 Å². The van der Waals surface area contributed by atoms with Crippen LogP contribution in [0.2, 0.25) is 0 Å². The van der Waals surface area contributed by atoms with Crippen molar-refractivity contribution in [1.82, 2.24) is 15.5 Å². The van der Waals surface area contributed by atoms with Crippen molar-refractivity contribution >= 4 is 29.9 Å². The summed E-state index contributed by atoms with van der Waals surface area (Å²) >= 11 is 0. The van der Waals surface area contributed by atoms with Gasteiger partial charge in [0.15, 0.2) is 29.1 Å². The lowest BCUT2D eigenvalue weighted by molar-refractivity contribution is 0.198. The van der Waals surface area contributed by atoms with Gasteiger partial charge < -0.3 is 20.5 Å². The van der Waals surface area contributed by atoms with Crippen LogP contribution in [-0.2, 0) is 13.0 Å². The number of hydrogen-bond acceptors (Lipinski definition) is 4. The van der Waals surface area contributed by atoms with E-state index in [1.54, 1.807) is 12.1 Å². The molecule has 1 aliphatic heterocycles. The topological polar surface area (TPSA) is 69.1 Å². The summed E-state index contributed by atoms with van der Waals surface area (Å²) in [6, 6.07) is 9.75. The fraction of sp³-hybridized carbons (Fsp3) is 0.458. The first-order chi connectivity index (χ1) is 15.5. The van der Waals surface area contributed by atoms with Gasteiger partial charge in [-0.25, -0.2) is 8.78 Å². The van der Waals surface area contributed by atoms with Crippen LogP contribution in [0.4, 0.5) is 8.78 Å². The summed E-state index contributed by atoms with van der Waals surface area (Å²) in [5, 5.41) is 16.5. The molecule has 0 aromatic heterocycles. The Morgan fingerprint density at radius 2 is 1.85 bits per heavy atom. The molecular weight excluding hydrogens is 541 g/mol. The Morgan fingerprint density at radius 1 is 1.12 bits per heavy atom. The standard InChI is InChI=1S/C24H32F2N4O2.HI/c1-3-27-24(28-11-8-17-5-7-22(31)23(15-17)32-2)29-19-9-12-30(13-10-19)16-18-4-6-20(25)21(26)14-18;/h4-7,14-15,19,31H,3,8-13,16H2,1-2H3,(H2,27,28,29);1H. The maximum absolute atomic E-state index is 13.4. The minimum absolute atomic E-state index is 0. The quantitative estimate of drug-likeness (QED) is 0.252. The van der Waals surface area contributed by atoms with Gasteiger partial charge in [0.2, 0.25) is 0 Å². The van der Waals surface area contributed by atoms with Crippen LogP contribution in [0, 0.1) is 11.6 Å². The van der Waals surface area contributed by atoms with Crippen molar-refractivity contribution in [2.45, 2.75) is 38.8 Å². The SMILES string of the molecule is CCNC(=NCCc1ccc(O)c(OC)c1)NC1CCN(Cc2ccc(F)c(F)c2)CC1.I. The van der Waals surface area contributed by atoms with Crippen LogP contribution < -0.4 is 15.4 Å². The van der Waals surface area contributed by atoms with E-state index in [2.05, 4.69) is 20.5 Å². The zero-order valence-electron chi connectivity index (χ0n) is 19.1. The third-order valence-electron chi connectivity index (χ3n) is 5.58. The number of phenolic OH excluding ortho intramolecular Hbond substituents is 1. The molecule has 6 nitrogen and oxygen atoms in total. The van der Waals surface area contributed by atoms with Crippen LogP contribution in [-0.4, -0.2) is 55.3 Å². The molecule has 2 aromatic rings. The number of methoxy groups -OCH3 is 1. The Bertz CT molecular complexity index is 921. The predicted octanol–water partition coefficient (Wildman–Crippen LogP) is 4.06. The van der Waals surface area contributed by atoms with Crippen LogP contribution >= 0.6 is 24.0 Å². The first-order valence-corrected chi connectivity index (χ1v) is 11.1. The first-order valence-electron chi connectivity index (χ1n) is 11.1. The minimum atomic E-state index is -0.809. The van der Waals surface area contributed by atoms with E-state index in [4.69, 9.17) is 4.74 Å². The van der Waals surface area contributed by atoms with Gasteiger partial charge >= 0.3 is 0 Å². The Morgan fingerprint density at radius 3 is 2.52 bits per heavy atom. The number of aliphatic imine (C=N–C) groups is 1. The fourth-order valence-corrected chi connectivity index (χ4v) is 3.82. The Labute approximate surface area is 211 Å². The largest absolute Gasteiger partial charge is 0.504 e. The summed E-state index contributed by atoms with van der Waals surface area (Å²) < 4.78 is 31.7. The van der Waals surface area contributed by atoms with Crippen LogP contribution in [0.3, 0.4) is 0 Å². The summed E-state index contributed by atoms with van der Waals surface area (Å²) in [6.45, 7) is 5.79. The summed E-state index contributed by atoms with van der Waals surface area (Å²) in [4.78, 5) is 6.94. The van der Waals surface area contributed by atoms with Crippen molar-refractivity contribution in [3.63, 3.8) is 0 Å². The molecule has 33 heavy (non-hydrogen) atoms.